The van der Waals surface area contributed by atoms with Crippen LogP contribution < -0.4 is 21.9 Å². The van der Waals surface area contributed by atoms with Gasteiger partial charge < -0.3 is 20.5 Å². The van der Waals surface area contributed by atoms with Crippen LogP contribution in [0.15, 0.2) is 40.8 Å². The fourth-order valence-corrected chi connectivity index (χ4v) is 3.27. The van der Waals surface area contributed by atoms with Crippen molar-refractivity contribution in [1.82, 2.24) is 9.88 Å². The number of carbonyl (C=O) groups excluding carboxylic acids is 4. The molecule has 2 heterocycles. The maximum absolute atomic E-state index is 12.8. The van der Waals surface area contributed by atoms with E-state index in [0.717, 1.165) is 16.8 Å². The summed E-state index contributed by atoms with van der Waals surface area (Å²) in [6.07, 6.45) is 1.06. The Balaban J connectivity index is 2.13. The number of pyridine rings is 1. The standard InChI is InChI=1S/C21H19ClN4O7/c1-3-32-20(30)12(21(31)33-4-2)9-24-13-6-5-10(22)7-14(13)26-15(27)8-11-16(17(26)23)19(29)25-18(11)28/h5-9,24H,3-4,23H2,1-2H3,(H,25,28,29). The Kier molecular flexibility index (Phi) is 6.83. The lowest BCUT2D eigenvalue weighted by Gasteiger charge is -2.16. The van der Waals surface area contributed by atoms with Gasteiger partial charge in [0.15, 0.2) is 5.57 Å². The number of nitrogens with one attached hydrogen (secondary N) is 2. The minimum atomic E-state index is -0.914. The normalized spacial score (nSPS) is 12.0. The number of halogens is 1. The van der Waals surface area contributed by atoms with E-state index in [1.807, 2.05) is 0 Å². The summed E-state index contributed by atoms with van der Waals surface area (Å²) in [5, 5.41) is 5.06. The van der Waals surface area contributed by atoms with Gasteiger partial charge in [0, 0.05) is 17.3 Å². The Morgan fingerprint density at radius 1 is 1.09 bits per heavy atom. The number of hydrogen-bond acceptors (Lipinski definition) is 9. The Morgan fingerprint density at radius 2 is 1.73 bits per heavy atom. The molecule has 33 heavy (non-hydrogen) atoms. The third-order valence-electron chi connectivity index (χ3n) is 4.52. The summed E-state index contributed by atoms with van der Waals surface area (Å²) in [5.41, 5.74) is 4.97. The topological polar surface area (TPSA) is 159 Å². The lowest BCUT2D eigenvalue weighted by atomic mass is 10.1. The maximum Gasteiger partial charge on any atom is 0.347 e. The number of imide groups is 1. The van der Waals surface area contributed by atoms with Crippen LogP contribution in [-0.2, 0) is 19.1 Å². The molecule has 12 heteroatoms. The van der Waals surface area contributed by atoms with Crippen LogP contribution in [0.2, 0.25) is 5.02 Å². The van der Waals surface area contributed by atoms with Gasteiger partial charge in [0.2, 0.25) is 0 Å². The average molecular weight is 475 g/mol. The van der Waals surface area contributed by atoms with Crippen molar-refractivity contribution in [2.24, 2.45) is 0 Å². The molecule has 0 spiro atoms. The van der Waals surface area contributed by atoms with E-state index in [4.69, 9.17) is 26.8 Å². The average Bonchev–Trinajstić information content (AvgIpc) is 3.03. The molecule has 0 aliphatic carbocycles. The van der Waals surface area contributed by atoms with Crippen molar-refractivity contribution in [2.75, 3.05) is 24.3 Å². The predicted octanol–water partition coefficient (Wildman–Crippen LogP) is 1.38. The molecule has 0 saturated heterocycles. The molecule has 11 nitrogen and oxygen atoms in total. The van der Waals surface area contributed by atoms with Crippen LogP contribution in [0, 0.1) is 0 Å². The molecule has 0 fully saturated rings. The van der Waals surface area contributed by atoms with Crippen molar-refractivity contribution in [1.29, 1.82) is 0 Å². The molecular weight excluding hydrogens is 456 g/mol. The molecule has 172 valence electrons. The zero-order valence-corrected chi connectivity index (χ0v) is 18.3. The van der Waals surface area contributed by atoms with Gasteiger partial charge in [-0.05, 0) is 32.0 Å². The van der Waals surface area contributed by atoms with Crippen LogP contribution in [0.4, 0.5) is 11.5 Å². The molecule has 1 aromatic heterocycles. The number of nitrogens with zero attached hydrogens (tertiary/aromatic N) is 1. The Labute approximate surface area is 192 Å². The number of anilines is 2. The molecule has 0 unspecified atom stereocenters. The smallest absolute Gasteiger partial charge is 0.347 e. The summed E-state index contributed by atoms with van der Waals surface area (Å²) in [6, 6.07) is 5.31. The SMILES string of the molecule is CCOC(=O)C(=CNc1ccc(Cl)cc1-n1c(N)c2c(cc1=O)C(=O)NC2=O)C(=O)OCC. The lowest BCUT2D eigenvalue weighted by molar-refractivity contribution is -0.146. The second kappa shape index (κ2) is 9.57. The van der Waals surface area contributed by atoms with Gasteiger partial charge in [-0.3, -0.25) is 24.3 Å². The zero-order valence-electron chi connectivity index (χ0n) is 17.6. The molecule has 1 aliphatic rings. The molecular formula is C21H19ClN4O7. The van der Waals surface area contributed by atoms with Crippen molar-refractivity contribution in [3.63, 3.8) is 0 Å². The first-order chi connectivity index (χ1) is 15.7. The van der Waals surface area contributed by atoms with Crippen LogP contribution in [0.25, 0.3) is 5.69 Å². The van der Waals surface area contributed by atoms with E-state index in [0.29, 0.717) is 0 Å². The largest absolute Gasteiger partial charge is 0.462 e. The monoisotopic (exact) mass is 474 g/mol. The van der Waals surface area contributed by atoms with Crippen molar-refractivity contribution >= 4 is 46.9 Å². The van der Waals surface area contributed by atoms with Gasteiger partial charge in [-0.25, -0.2) is 9.59 Å². The maximum atomic E-state index is 12.8. The van der Waals surface area contributed by atoms with Crippen molar-refractivity contribution < 1.29 is 28.7 Å². The molecule has 2 amide bonds. The number of esters is 2. The van der Waals surface area contributed by atoms with Gasteiger partial charge in [0.25, 0.3) is 17.4 Å². The van der Waals surface area contributed by atoms with E-state index in [2.05, 4.69) is 10.6 Å². The first-order valence-corrected chi connectivity index (χ1v) is 10.1. The first-order valence-electron chi connectivity index (χ1n) is 9.71. The number of hydrogen-bond donors (Lipinski definition) is 3. The number of rotatable bonds is 7. The van der Waals surface area contributed by atoms with E-state index in [9.17, 15) is 24.0 Å². The Morgan fingerprint density at radius 3 is 2.33 bits per heavy atom. The van der Waals surface area contributed by atoms with Crippen LogP contribution in [0.3, 0.4) is 0 Å². The van der Waals surface area contributed by atoms with Gasteiger partial charge in [-0.2, -0.15) is 0 Å². The fourth-order valence-electron chi connectivity index (χ4n) is 3.11. The van der Waals surface area contributed by atoms with Crippen molar-refractivity contribution in [3.05, 3.63) is 62.5 Å². The predicted molar refractivity (Wildman–Crippen MR) is 118 cm³/mol. The molecule has 1 aromatic carbocycles. The summed E-state index contributed by atoms with van der Waals surface area (Å²) in [6.45, 7) is 3.22. The minimum Gasteiger partial charge on any atom is -0.462 e. The highest BCUT2D eigenvalue weighted by atomic mass is 35.5. The molecule has 0 bridgehead atoms. The van der Waals surface area contributed by atoms with Crippen LogP contribution in [0.5, 0.6) is 0 Å². The van der Waals surface area contributed by atoms with Crippen LogP contribution >= 0.6 is 11.6 Å². The van der Waals surface area contributed by atoms with Gasteiger partial charge >= 0.3 is 11.9 Å². The molecule has 3 rings (SSSR count). The van der Waals surface area contributed by atoms with Gasteiger partial charge in [0.05, 0.1) is 35.7 Å². The number of benzene rings is 1. The summed E-state index contributed by atoms with van der Waals surface area (Å²) in [5.74, 6) is -3.59. The van der Waals surface area contributed by atoms with E-state index in [-0.39, 0.29) is 46.6 Å². The van der Waals surface area contributed by atoms with E-state index < -0.39 is 34.9 Å². The van der Waals surface area contributed by atoms with Crippen LogP contribution in [-0.4, -0.2) is 41.5 Å². The van der Waals surface area contributed by atoms with E-state index in [1.54, 1.807) is 13.8 Å². The minimum absolute atomic E-state index is 0.0314. The molecule has 0 atom stereocenters. The number of fused-ring (bicyclic) bond motifs is 1. The first kappa shape index (κ1) is 23.5. The molecule has 0 saturated carbocycles. The molecule has 0 radical (unpaired) electrons. The summed E-state index contributed by atoms with van der Waals surface area (Å²) >= 11 is 6.11. The summed E-state index contributed by atoms with van der Waals surface area (Å²) in [7, 11) is 0. The number of nitrogen functional groups attached to an aromatic ring is 1. The van der Waals surface area contributed by atoms with Crippen molar-refractivity contribution in [3.8, 4) is 5.69 Å². The van der Waals surface area contributed by atoms with Gasteiger partial charge in [0.1, 0.15) is 5.82 Å². The molecule has 2 aromatic rings. The number of ether oxygens (including phenoxy) is 2. The number of carbonyl (C=O) groups is 4. The quantitative estimate of drug-likeness (QED) is 0.177. The number of aromatic nitrogens is 1. The zero-order chi connectivity index (χ0) is 24.3. The fraction of sp³-hybridized carbons (Fsp3) is 0.190. The Hall–Kier alpha value is -4.12. The highest BCUT2D eigenvalue weighted by Gasteiger charge is 2.32. The second-order valence-electron chi connectivity index (χ2n) is 6.58. The van der Waals surface area contributed by atoms with Gasteiger partial charge in [-0.15, -0.1) is 0 Å². The van der Waals surface area contributed by atoms with Gasteiger partial charge in [-0.1, -0.05) is 11.6 Å². The second-order valence-corrected chi connectivity index (χ2v) is 7.02. The van der Waals surface area contributed by atoms with E-state index in [1.165, 1.54) is 18.2 Å². The highest BCUT2D eigenvalue weighted by molar-refractivity contribution is 6.31. The van der Waals surface area contributed by atoms with E-state index >= 15 is 0 Å². The molecule has 4 N–H and O–H groups in total. The van der Waals surface area contributed by atoms with Crippen LogP contribution in [0.1, 0.15) is 34.6 Å². The molecule has 1 aliphatic heterocycles. The number of nitrogens with two attached hydrogens (primary N) is 1. The third-order valence-corrected chi connectivity index (χ3v) is 4.75. The van der Waals surface area contributed by atoms with Crippen molar-refractivity contribution in [2.45, 2.75) is 13.8 Å². The summed E-state index contributed by atoms with van der Waals surface area (Å²) in [4.78, 5) is 61.2. The third kappa shape index (κ3) is 4.58. The number of amides is 2. The Bertz CT molecular complexity index is 1250. The highest BCUT2D eigenvalue weighted by Crippen LogP contribution is 2.29. The lowest BCUT2D eigenvalue weighted by Crippen LogP contribution is -2.25. The summed E-state index contributed by atoms with van der Waals surface area (Å²) < 4.78 is 10.7.